The molecule has 0 spiro atoms. The number of aromatic nitrogens is 2. The molecule has 12 heavy (non-hydrogen) atoms. The molecule has 66 valence electrons. The van der Waals surface area contributed by atoms with Crippen LogP contribution in [0, 0.1) is 10.5 Å². The maximum Gasteiger partial charge on any atom is 0.266 e. The van der Waals surface area contributed by atoms with Crippen LogP contribution in [0.2, 0.25) is 0 Å². The molecule has 0 bridgehead atoms. The lowest BCUT2D eigenvalue weighted by atomic mass is 10.5. The Labute approximate surface area is 83.4 Å². The van der Waals surface area contributed by atoms with Crippen LogP contribution in [0.15, 0.2) is 11.0 Å². The summed E-state index contributed by atoms with van der Waals surface area (Å²) in [6, 6.07) is 0. The summed E-state index contributed by atoms with van der Waals surface area (Å²) >= 11 is 1.93. The zero-order valence-corrected chi connectivity index (χ0v) is 8.78. The topological polar surface area (TPSA) is 55.1 Å². The molecule has 0 unspecified atom stereocenters. The largest absolute Gasteiger partial charge is 0.395 e. The summed E-state index contributed by atoms with van der Waals surface area (Å²) in [4.78, 5) is 15.4. The maximum absolute atomic E-state index is 11.4. The second kappa shape index (κ2) is 3.99. The quantitative estimate of drug-likeness (QED) is 0.784. The number of aliphatic hydroxyl groups is 1. The van der Waals surface area contributed by atoms with Crippen molar-refractivity contribution in [1.29, 1.82) is 0 Å². The lowest BCUT2D eigenvalue weighted by Gasteiger charge is -2.06. The van der Waals surface area contributed by atoms with E-state index in [9.17, 15) is 4.79 Å². The highest BCUT2D eigenvalue weighted by atomic mass is 127. The van der Waals surface area contributed by atoms with Crippen LogP contribution in [0.25, 0.3) is 0 Å². The van der Waals surface area contributed by atoms with Crippen molar-refractivity contribution in [2.75, 3.05) is 6.61 Å². The monoisotopic (exact) mass is 280 g/mol. The van der Waals surface area contributed by atoms with Crippen LogP contribution < -0.4 is 5.56 Å². The second-order valence-corrected chi connectivity index (χ2v) is 3.50. The third kappa shape index (κ3) is 1.84. The number of nitrogens with zero attached hydrogens (tertiary/aromatic N) is 2. The van der Waals surface area contributed by atoms with E-state index in [0.29, 0.717) is 15.9 Å². The lowest BCUT2D eigenvalue weighted by molar-refractivity contribution is 0.272. The normalized spacial score (nSPS) is 10.2. The van der Waals surface area contributed by atoms with Crippen LogP contribution in [0.5, 0.6) is 0 Å². The van der Waals surface area contributed by atoms with Gasteiger partial charge in [0.25, 0.3) is 5.56 Å². The van der Waals surface area contributed by atoms with Crippen molar-refractivity contribution in [3.05, 3.63) is 25.9 Å². The number of aliphatic hydroxyl groups excluding tert-OH is 1. The average Bonchev–Trinajstić information content (AvgIpc) is 2.06. The predicted molar refractivity (Wildman–Crippen MR) is 53.0 cm³/mol. The Morgan fingerprint density at radius 1 is 1.75 bits per heavy atom. The van der Waals surface area contributed by atoms with Gasteiger partial charge in [0.05, 0.1) is 16.7 Å². The zero-order valence-electron chi connectivity index (χ0n) is 6.62. The predicted octanol–water partition coefficient (Wildman–Crippen LogP) is 0.149. The third-order valence-electron chi connectivity index (χ3n) is 1.53. The van der Waals surface area contributed by atoms with Crippen LogP contribution in [-0.4, -0.2) is 21.3 Å². The standard InChI is InChI=1S/C7H9IN2O2/c1-5-9-4-6(8)7(12)10(5)2-3-11/h4,11H,2-3H2,1H3. The molecule has 1 aromatic rings. The Balaban J connectivity index is 3.24. The average molecular weight is 280 g/mol. The van der Waals surface area contributed by atoms with E-state index in [1.54, 1.807) is 6.92 Å². The van der Waals surface area contributed by atoms with Gasteiger partial charge in [-0.1, -0.05) is 0 Å². The highest BCUT2D eigenvalue weighted by Gasteiger charge is 2.03. The van der Waals surface area contributed by atoms with Crippen LogP contribution in [-0.2, 0) is 6.54 Å². The van der Waals surface area contributed by atoms with Crippen LogP contribution in [0.1, 0.15) is 5.82 Å². The van der Waals surface area contributed by atoms with Gasteiger partial charge in [-0.3, -0.25) is 9.36 Å². The van der Waals surface area contributed by atoms with E-state index >= 15 is 0 Å². The van der Waals surface area contributed by atoms with Gasteiger partial charge in [-0.05, 0) is 29.5 Å². The minimum atomic E-state index is -0.0860. The summed E-state index contributed by atoms with van der Waals surface area (Å²) in [5.74, 6) is 0.634. The minimum Gasteiger partial charge on any atom is -0.395 e. The van der Waals surface area contributed by atoms with E-state index in [1.165, 1.54) is 10.8 Å². The van der Waals surface area contributed by atoms with E-state index in [0.717, 1.165) is 0 Å². The van der Waals surface area contributed by atoms with Crippen molar-refractivity contribution in [3.63, 3.8) is 0 Å². The van der Waals surface area contributed by atoms with Gasteiger partial charge in [-0.2, -0.15) is 0 Å². The molecule has 0 saturated heterocycles. The van der Waals surface area contributed by atoms with Gasteiger partial charge < -0.3 is 5.11 Å². The number of hydrogen-bond acceptors (Lipinski definition) is 3. The molecule has 1 N–H and O–H groups in total. The van der Waals surface area contributed by atoms with Crippen molar-refractivity contribution >= 4 is 22.6 Å². The van der Waals surface area contributed by atoms with Gasteiger partial charge in [0.2, 0.25) is 0 Å². The molecule has 1 aromatic heterocycles. The number of hydrogen-bond donors (Lipinski definition) is 1. The highest BCUT2D eigenvalue weighted by molar-refractivity contribution is 14.1. The Morgan fingerprint density at radius 2 is 2.42 bits per heavy atom. The lowest BCUT2D eigenvalue weighted by Crippen LogP contribution is -2.26. The van der Waals surface area contributed by atoms with Crippen molar-refractivity contribution in [2.24, 2.45) is 0 Å². The van der Waals surface area contributed by atoms with Crippen molar-refractivity contribution in [2.45, 2.75) is 13.5 Å². The molecule has 5 heteroatoms. The summed E-state index contributed by atoms with van der Waals surface area (Å²) in [7, 11) is 0. The van der Waals surface area contributed by atoms with Gasteiger partial charge in [-0.25, -0.2) is 4.98 Å². The molecule has 0 aliphatic carbocycles. The van der Waals surface area contributed by atoms with Gasteiger partial charge in [-0.15, -0.1) is 0 Å². The molecular weight excluding hydrogens is 271 g/mol. The first-order chi connectivity index (χ1) is 5.66. The molecule has 1 rings (SSSR count). The van der Waals surface area contributed by atoms with E-state index in [2.05, 4.69) is 4.98 Å². The number of halogens is 1. The Kier molecular flexibility index (Phi) is 3.21. The molecule has 0 radical (unpaired) electrons. The molecule has 4 nitrogen and oxygen atoms in total. The molecule has 0 amide bonds. The van der Waals surface area contributed by atoms with Crippen molar-refractivity contribution in [1.82, 2.24) is 9.55 Å². The van der Waals surface area contributed by atoms with Crippen LogP contribution in [0.3, 0.4) is 0 Å². The summed E-state index contributed by atoms with van der Waals surface area (Å²) in [6.07, 6.45) is 1.53. The fraction of sp³-hybridized carbons (Fsp3) is 0.429. The second-order valence-electron chi connectivity index (χ2n) is 2.33. The number of rotatable bonds is 2. The fourth-order valence-electron chi connectivity index (χ4n) is 0.914. The first kappa shape index (κ1) is 9.66. The fourth-order valence-corrected chi connectivity index (χ4v) is 1.34. The van der Waals surface area contributed by atoms with Gasteiger partial charge in [0, 0.05) is 6.20 Å². The van der Waals surface area contributed by atoms with E-state index in [4.69, 9.17) is 5.11 Å². The van der Waals surface area contributed by atoms with E-state index < -0.39 is 0 Å². The molecule has 0 fully saturated rings. The van der Waals surface area contributed by atoms with Gasteiger partial charge >= 0.3 is 0 Å². The summed E-state index contributed by atoms with van der Waals surface area (Å²) in [5, 5.41) is 8.67. The Hall–Kier alpha value is -0.430. The molecular formula is C7H9IN2O2. The highest BCUT2D eigenvalue weighted by Crippen LogP contribution is 1.96. The molecule has 0 aliphatic heterocycles. The van der Waals surface area contributed by atoms with Gasteiger partial charge in [0.15, 0.2) is 0 Å². The summed E-state index contributed by atoms with van der Waals surface area (Å²) < 4.78 is 2.04. The number of aryl methyl sites for hydroxylation is 1. The Morgan fingerprint density at radius 3 is 3.00 bits per heavy atom. The summed E-state index contributed by atoms with van der Waals surface area (Å²) in [6.45, 7) is 2.02. The van der Waals surface area contributed by atoms with Gasteiger partial charge in [0.1, 0.15) is 5.82 Å². The third-order valence-corrected chi connectivity index (χ3v) is 2.27. The Bertz CT molecular complexity index is 335. The van der Waals surface area contributed by atoms with Crippen molar-refractivity contribution in [3.8, 4) is 0 Å². The first-order valence-corrected chi connectivity index (χ1v) is 4.57. The molecule has 0 aromatic carbocycles. The van der Waals surface area contributed by atoms with Crippen LogP contribution in [0.4, 0.5) is 0 Å². The molecule has 0 atom stereocenters. The van der Waals surface area contributed by atoms with E-state index in [-0.39, 0.29) is 12.2 Å². The SMILES string of the molecule is Cc1ncc(I)c(=O)n1CCO. The maximum atomic E-state index is 11.4. The summed E-state index contributed by atoms with van der Waals surface area (Å²) in [5.41, 5.74) is -0.0860. The van der Waals surface area contributed by atoms with E-state index in [1.807, 2.05) is 22.6 Å². The first-order valence-electron chi connectivity index (χ1n) is 3.49. The van der Waals surface area contributed by atoms with Crippen molar-refractivity contribution < 1.29 is 5.11 Å². The zero-order chi connectivity index (χ0) is 9.14. The molecule has 1 heterocycles. The molecule has 0 saturated carbocycles. The molecule has 0 aliphatic rings. The smallest absolute Gasteiger partial charge is 0.266 e. The van der Waals surface area contributed by atoms with Crippen LogP contribution >= 0.6 is 22.6 Å². The minimum absolute atomic E-state index is 0.0392.